The summed E-state index contributed by atoms with van der Waals surface area (Å²) in [6.45, 7) is 0. The third-order valence-corrected chi connectivity index (χ3v) is 2.63. The summed E-state index contributed by atoms with van der Waals surface area (Å²) in [5.74, 6) is 2.37. The highest BCUT2D eigenvalue weighted by atomic mass is 15.1. The van der Waals surface area contributed by atoms with E-state index < -0.39 is 0 Å². The normalized spacial score (nSPS) is 16.1. The number of hydrogen-bond donors (Lipinski definition) is 1. The van der Waals surface area contributed by atoms with Crippen LogP contribution in [0.15, 0.2) is 18.6 Å². The van der Waals surface area contributed by atoms with Gasteiger partial charge in [-0.05, 0) is 24.3 Å². The van der Waals surface area contributed by atoms with Gasteiger partial charge in [0.2, 0.25) is 5.78 Å². The first kappa shape index (κ1) is 7.79. The molecule has 2 aromatic heterocycles. The highest BCUT2D eigenvalue weighted by Gasteiger charge is 2.24. The lowest BCUT2D eigenvalue weighted by Crippen LogP contribution is -1.90. The smallest absolute Gasteiger partial charge is 0.235 e. The Morgan fingerprint density at radius 2 is 2.29 bits per heavy atom. The molecule has 0 aromatic carbocycles. The van der Waals surface area contributed by atoms with E-state index in [1.807, 2.05) is 23.8 Å². The first-order valence-electron chi connectivity index (χ1n) is 4.89. The number of fused-ring (bicyclic) bond motifs is 1. The van der Waals surface area contributed by atoms with E-state index in [0.717, 1.165) is 17.5 Å². The van der Waals surface area contributed by atoms with Crippen molar-refractivity contribution in [3.63, 3.8) is 0 Å². The Morgan fingerprint density at radius 3 is 3.00 bits per heavy atom. The topological polar surface area (TPSA) is 42.2 Å². The van der Waals surface area contributed by atoms with Gasteiger partial charge in [0.05, 0.1) is 6.20 Å². The summed E-state index contributed by atoms with van der Waals surface area (Å²) in [6, 6.07) is 0. The van der Waals surface area contributed by atoms with E-state index in [0.29, 0.717) is 0 Å². The van der Waals surface area contributed by atoms with Crippen molar-refractivity contribution in [2.45, 2.75) is 18.8 Å². The molecule has 1 N–H and O–H groups in total. The first-order chi connectivity index (χ1) is 6.86. The third kappa shape index (κ3) is 1.14. The molecule has 1 aliphatic carbocycles. The number of aromatic nitrogens is 3. The Kier molecular flexibility index (Phi) is 1.50. The van der Waals surface area contributed by atoms with Gasteiger partial charge in [-0.1, -0.05) is 0 Å². The van der Waals surface area contributed by atoms with Gasteiger partial charge in [0, 0.05) is 19.4 Å². The molecule has 0 aliphatic heterocycles. The molecule has 3 rings (SSSR count). The predicted molar refractivity (Wildman–Crippen MR) is 54.5 cm³/mol. The van der Waals surface area contributed by atoms with Crippen LogP contribution >= 0.6 is 0 Å². The molecule has 0 unspecified atom stereocenters. The van der Waals surface area contributed by atoms with Crippen molar-refractivity contribution in [2.75, 3.05) is 12.4 Å². The Morgan fingerprint density at radius 1 is 1.43 bits per heavy atom. The lowest BCUT2D eigenvalue weighted by atomic mass is 10.2. The van der Waals surface area contributed by atoms with Crippen molar-refractivity contribution in [3.05, 3.63) is 24.2 Å². The number of nitrogens with zero attached hydrogens (tertiary/aromatic N) is 3. The van der Waals surface area contributed by atoms with E-state index in [4.69, 9.17) is 0 Å². The monoisotopic (exact) mass is 188 g/mol. The zero-order chi connectivity index (χ0) is 9.54. The second kappa shape index (κ2) is 2.70. The fourth-order valence-corrected chi connectivity index (χ4v) is 1.65. The highest BCUT2D eigenvalue weighted by molar-refractivity contribution is 5.44. The van der Waals surface area contributed by atoms with Gasteiger partial charge in [-0.15, -0.1) is 0 Å². The van der Waals surface area contributed by atoms with E-state index in [2.05, 4.69) is 21.5 Å². The number of imidazole rings is 1. The Balaban J connectivity index is 2.12. The molecule has 4 nitrogen and oxygen atoms in total. The molecule has 0 amide bonds. The van der Waals surface area contributed by atoms with Gasteiger partial charge in [-0.25, -0.2) is 4.98 Å². The van der Waals surface area contributed by atoms with Crippen LogP contribution in [0, 0.1) is 0 Å². The Labute approximate surface area is 82.0 Å². The van der Waals surface area contributed by atoms with Crippen molar-refractivity contribution in [3.8, 4) is 0 Å². The zero-order valence-corrected chi connectivity index (χ0v) is 8.07. The molecular formula is C10H12N4. The molecule has 1 fully saturated rings. The largest absolute Gasteiger partial charge is 0.372 e. The lowest BCUT2D eigenvalue weighted by Gasteiger charge is -1.97. The summed E-state index contributed by atoms with van der Waals surface area (Å²) >= 11 is 0. The molecule has 0 spiro atoms. The first-order valence-corrected chi connectivity index (χ1v) is 4.89. The molecule has 4 heteroatoms. The number of anilines is 1. The summed E-state index contributed by atoms with van der Waals surface area (Å²) in [4.78, 5) is 8.62. The highest BCUT2D eigenvalue weighted by Crippen LogP contribution is 2.39. The summed E-state index contributed by atoms with van der Waals surface area (Å²) in [5.41, 5.74) is 1.33. The van der Waals surface area contributed by atoms with Crippen molar-refractivity contribution in [1.82, 2.24) is 14.4 Å². The molecule has 0 saturated heterocycles. The van der Waals surface area contributed by atoms with Crippen molar-refractivity contribution < 1.29 is 0 Å². The molecule has 2 aromatic rings. The van der Waals surface area contributed by atoms with E-state index in [-0.39, 0.29) is 0 Å². The van der Waals surface area contributed by atoms with Crippen LogP contribution < -0.4 is 5.32 Å². The van der Waals surface area contributed by atoms with E-state index in [1.54, 1.807) is 0 Å². The van der Waals surface area contributed by atoms with Crippen LogP contribution in [-0.2, 0) is 0 Å². The number of hydrogen-bond acceptors (Lipinski definition) is 3. The standard InChI is InChI=1S/C10H12N4/c1-11-9-6-14-5-8(7-2-3-7)4-12-10(14)13-9/h4-7,11H,2-3H2,1H3. The van der Waals surface area contributed by atoms with Crippen LogP contribution in [0.25, 0.3) is 5.78 Å². The van der Waals surface area contributed by atoms with Gasteiger partial charge in [-0.2, -0.15) is 4.98 Å². The maximum absolute atomic E-state index is 4.32. The van der Waals surface area contributed by atoms with Gasteiger partial charge < -0.3 is 5.32 Å². The molecule has 0 radical (unpaired) electrons. The molecular weight excluding hydrogens is 176 g/mol. The lowest BCUT2D eigenvalue weighted by molar-refractivity contribution is 1.01. The fraction of sp³-hybridized carbons (Fsp3) is 0.400. The van der Waals surface area contributed by atoms with Crippen LogP contribution in [-0.4, -0.2) is 21.4 Å². The molecule has 14 heavy (non-hydrogen) atoms. The average molecular weight is 188 g/mol. The van der Waals surface area contributed by atoms with Gasteiger partial charge in [0.1, 0.15) is 5.82 Å². The van der Waals surface area contributed by atoms with Crippen molar-refractivity contribution in [2.24, 2.45) is 0 Å². The van der Waals surface area contributed by atoms with Crippen molar-refractivity contribution in [1.29, 1.82) is 0 Å². The molecule has 72 valence electrons. The van der Waals surface area contributed by atoms with E-state index in [1.165, 1.54) is 18.4 Å². The van der Waals surface area contributed by atoms with Crippen LogP contribution in [0.2, 0.25) is 0 Å². The predicted octanol–water partition coefficient (Wildman–Crippen LogP) is 1.65. The maximum atomic E-state index is 4.32. The Bertz CT molecular complexity index is 470. The van der Waals surface area contributed by atoms with E-state index in [9.17, 15) is 0 Å². The summed E-state index contributed by atoms with van der Waals surface area (Å²) in [5, 5.41) is 3.01. The minimum atomic E-state index is 0.743. The average Bonchev–Trinajstić information content (AvgIpc) is 2.97. The molecule has 1 saturated carbocycles. The van der Waals surface area contributed by atoms with Crippen LogP contribution in [0.4, 0.5) is 5.82 Å². The molecule has 2 heterocycles. The molecule has 0 atom stereocenters. The number of nitrogens with one attached hydrogen (secondary N) is 1. The van der Waals surface area contributed by atoms with Gasteiger partial charge in [0.15, 0.2) is 0 Å². The SMILES string of the molecule is CNc1cn2cc(C3CC3)cnc2n1. The second-order valence-electron chi connectivity index (χ2n) is 3.74. The zero-order valence-electron chi connectivity index (χ0n) is 8.07. The fourth-order valence-electron chi connectivity index (χ4n) is 1.65. The quantitative estimate of drug-likeness (QED) is 0.779. The Hall–Kier alpha value is -1.58. The van der Waals surface area contributed by atoms with Gasteiger partial charge >= 0.3 is 0 Å². The van der Waals surface area contributed by atoms with Crippen LogP contribution in [0.5, 0.6) is 0 Å². The van der Waals surface area contributed by atoms with E-state index >= 15 is 0 Å². The van der Waals surface area contributed by atoms with Gasteiger partial charge in [-0.3, -0.25) is 4.40 Å². The summed E-state index contributed by atoms with van der Waals surface area (Å²) in [6.07, 6.45) is 8.66. The van der Waals surface area contributed by atoms with Crippen LogP contribution in [0.3, 0.4) is 0 Å². The molecule has 0 bridgehead atoms. The number of rotatable bonds is 2. The summed E-state index contributed by atoms with van der Waals surface area (Å²) < 4.78 is 1.99. The molecule has 1 aliphatic rings. The van der Waals surface area contributed by atoms with Crippen LogP contribution in [0.1, 0.15) is 24.3 Å². The minimum absolute atomic E-state index is 0.743. The second-order valence-corrected chi connectivity index (χ2v) is 3.74. The van der Waals surface area contributed by atoms with Crippen molar-refractivity contribution >= 4 is 11.6 Å². The minimum Gasteiger partial charge on any atom is -0.372 e. The third-order valence-electron chi connectivity index (χ3n) is 2.63. The summed E-state index contributed by atoms with van der Waals surface area (Å²) in [7, 11) is 1.86. The van der Waals surface area contributed by atoms with Gasteiger partial charge in [0.25, 0.3) is 0 Å². The maximum Gasteiger partial charge on any atom is 0.235 e.